The summed E-state index contributed by atoms with van der Waals surface area (Å²) in [5, 5.41) is 4.18. The van der Waals surface area contributed by atoms with Gasteiger partial charge in [0.15, 0.2) is 0 Å². The summed E-state index contributed by atoms with van der Waals surface area (Å²) in [5.41, 5.74) is 2.32. The third-order valence-corrected chi connectivity index (χ3v) is 5.70. The van der Waals surface area contributed by atoms with Crippen LogP contribution in [0.4, 0.5) is 0 Å². The van der Waals surface area contributed by atoms with Gasteiger partial charge in [-0.2, -0.15) is 11.3 Å². The van der Waals surface area contributed by atoms with E-state index in [1.54, 1.807) is 23.6 Å². The Bertz CT molecular complexity index is 731. The number of carbonyl (C=O) groups excluding carboxylic acids is 2. The second kappa shape index (κ2) is 6.43. The largest absolute Gasteiger partial charge is 0.356 e. The van der Waals surface area contributed by atoms with E-state index in [1.165, 1.54) is 5.56 Å². The molecular formula is C18H21N3O2S. The maximum atomic E-state index is 12.9. The molecule has 1 atom stereocenters. The SMILES string of the molecule is O=C(c1cc(C(=O)N2CCC[C@H]2c2ccsc2)c[nH]1)N1CCCC1. The Morgan fingerprint density at radius 1 is 1.12 bits per heavy atom. The van der Waals surface area contributed by atoms with Crippen molar-refractivity contribution < 1.29 is 9.59 Å². The molecule has 0 aromatic carbocycles. The zero-order chi connectivity index (χ0) is 16.5. The Morgan fingerprint density at radius 2 is 1.96 bits per heavy atom. The van der Waals surface area contributed by atoms with Crippen LogP contribution < -0.4 is 0 Å². The molecule has 2 amide bonds. The fourth-order valence-corrected chi connectivity index (χ4v) is 4.43. The summed E-state index contributed by atoms with van der Waals surface area (Å²) in [4.78, 5) is 32.1. The topological polar surface area (TPSA) is 56.4 Å². The van der Waals surface area contributed by atoms with Crippen LogP contribution in [0.15, 0.2) is 29.1 Å². The molecule has 0 spiro atoms. The monoisotopic (exact) mass is 343 g/mol. The number of nitrogens with one attached hydrogen (secondary N) is 1. The first kappa shape index (κ1) is 15.4. The molecule has 0 unspecified atom stereocenters. The first-order chi connectivity index (χ1) is 11.7. The average molecular weight is 343 g/mol. The Kier molecular flexibility index (Phi) is 4.14. The lowest BCUT2D eigenvalue weighted by Crippen LogP contribution is -2.30. The Morgan fingerprint density at radius 3 is 2.71 bits per heavy atom. The third-order valence-electron chi connectivity index (χ3n) is 5.00. The van der Waals surface area contributed by atoms with E-state index < -0.39 is 0 Å². The van der Waals surface area contributed by atoms with Gasteiger partial charge in [-0.15, -0.1) is 0 Å². The van der Waals surface area contributed by atoms with Crippen LogP contribution in [-0.4, -0.2) is 46.2 Å². The minimum absolute atomic E-state index is 0.00218. The predicted molar refractivity (Wildman–Crippen MR) is 93.3 cm³/mol. The number of aromatic nitrogens is 1. The molecule has 2 saturated heterocycles. The Hall–Kier alpha value is -2.08. The van der Waals surface area contributed by atoms with Gasteiger partial charge < -0.3 is 14.8 Å². The van der Waals surface area contributed by atoms with Crippen LogP contribution in [0, 0.1) is 0 Å². The highest BCUT2D eigenvalue weighted by molar-refractivity contribution is 7.08. The standard InChI is InChI=1S/C18H21N3O2S/c22-17(21-8-3-4-16(21)13-5-9-24-12-13)14-10-15(19-11-14)18(23)20-6-1-2-7-20/h5,9-12,16,19H,1-4,6-8H2/t16-/m0/s1. The molecule has 1 N–H and O–H groups in total. The van der Waals surface area contributed by atoms with Gasteiger partial charge in [-0.3, -0.25) is 9.59 Å². The lowest BCUT2D eigenvalue weighted by molar-refractivity contribution is 0.0736. The number of nitrogens with zero attached hydrogens (tertiary/aromatic N) is 2. The van der Waals surface area contributed by atoms with E-state index in [-0.39, 0.29) is 17.9 Å². The van der Waals surface area contributed by atoms with Crippen LogP contribution in [0.2, 0.25) is 0 Å². The Labute approximate surface area is 145 Å². The maximum Gasteiger partial charge on any atom is 0.270 e. The number of hydrogen-bond acceptors (Lipinski definition) is 3. The smallest absolute Gasteiger partial charge is 0.270 e. The van der Waals surface area contributed by atoms with Crippen molar-refractivity contribution in [3.05, 3.63) is 45.9 Å². The minimum Gasteiger partial charge on any atom is -0.356 e. The number of amides is 2. The molecular weight excluding hydrogens is 322 g/mol. The fraction of sp³-hybridized carbons (Fsp3) is 0.444. The minimum atomic E-state index is 0.00218. The quantitative estimate of drug-likeness (QED) is 0.930. The molecule has 24 heavy (non-hydrogen) atoms. The van der Waals surface area contributed by atoms with Gasteiger partial charge in [0.1, 0.15) is 5.69 Å². The van der Waals surface area contributed by atoms with Gasteiger partial charge in [-0.05, 0) is 54.1 Å². The lowest BCUT2D eigenvalue weighted by Gasteiger charge is -2.23. The van der Waals surface area contributed by atoms with Crippen molar-refractivity contribution in [2.24, 2.45) is 0 Å². The summed E-state index contributed by atoms with van der Waals surface area (Å²) in [6.07, 6.45) is 5.83. The summed E-state index contributed by atoms with van der Waals surface area (Å²) in [5.74, 6) is 0.0165. The summed E-state index contributed by atoms with van der Waals surface area (Å²) in [7, 11) is 0. The molecule has 0 saturated carbocycles. The first-order valence-corrected chi connectivity index (χ1v) is 9.49. The summed E-state index contributed by atoms with van der Waals surface area (Å²) in [6, 6.07) is 3.98. The molecule has 126 valence electrons. The average Bonchev–Trinajstić information content (AvgIpc) is 3.41. The zero-order valence-electron chi connectivity index (χ0n) is 13.5. The second-order valence-electron chi connectivity index (χ2n) is 6.51. The summed E-state index contributed by atoms with van der Waals surface area (Å²) in [6.45, 7) is 2.40. The van der Waals surface area contributed by atoms with Crippen molar-refractivity contribution in [1.82, 2.24) is 14.8 Å². The maximum absolute atomic E-state index is 12.9. The highest BCUT2D eigenvalue weighted by Crippen LogP contribution is 2.34. The molecule has 6 heteroatoms. The molecule has 2 aliphatic heterocycles. The van der Waals surface area contributed by atoms with Gasteiger partial charge >= 0.3 is 0 Å². The molecule has 2 aromatic rings. The number of rotatable bonds is 3. The van der Waals surface area contributed by atoms with Crippen molar-refractivity contribution in [3.63, 3.8) is 0 Å². The van der Waals surface area contributed by atoms with Gasteiger partial charge in [0.2, 0.25) is 0 Å². The van der Waals surface area contributed by atoms with Gasteiger partial charge in [0.25, 0.3) is 11.8 Å². The molecule has 2 aromatic heterocycles. The number of thiophene rings is 1. The van der Waals surface area contributed by atoms with Crippen LogP contribution in [0.3, 0.4) is 0 Å². The number of hydrogen-bond donors (Lipinski definition) is 1. The molecule has 0 bridgehead atoms. The number of H-pyrrole nitrogens is 1. The lowest BCUT2D eigenvalue weighted by atomic mass is 10.1. The van der Waals surface area contributed by atoms with Crippen LogP contribution in [0.25, 0.3) is 0 Å². The Balaban J connectivity index is 1.51. The van der Waals surface area contributed by atoms with Crippen molar-refractivity contribution >= 4 is 23.2 Å². The van der Waals surface area contributed by atoms with Crippen molar-refractivity contribution in [1.29, 1.82) is 0 Å². The van der Waals surface area contributed by atoms with E-state index in [4.69, 9.17) is 0 Å². The molecule has 0 aliphatic carbocycles. The molecule has 0 radical (unpaired) electrons. The van der Waals surface area contributed by atoms with E-state index in [2.05, 4.69) is 21.8 Å². The van der Waals surface area contributed by atoms with Crippen molar-refractivity contribution in [3.8, 4) is 0 Å². The number of aromatic amines is 1. The highest BCUT2D eigenvalue weighted by Gasteiger charge is 2.31. The van der Waals surface area contributed by atoms with Gasteiger partial charge in [-0.1, -0.05) is 0 Å². The van der Waals surface area contributed by atoms with Gasteiger partial charge in [-0.25, -0.2) is 0 Å². The highest BCUT2D eigenvalue weighted by atomic mass is 32.1. The van der Waals surface area contributed by atoms with Gasteiger partial charge in [0.05, 0.1) is 11.6 Å². The molecule has 4 rings (SSSR count). The summed E-state index contributed by atoms with van der Waals surface area (Å²) < 4.78 is 0. The number of carbonyl (C=O) groups is 2. The van der Waals surface area contributed by atoms with E-state index in [1.807, 2.05) is 9.80 Å². The van der Waals surface area contributed by atoms with E-state index >= 15 is 0 Å². The van der Waals surface area contributed by atoms with Crippen molar-refractivity contribution in [2.75, 3.05) is 19.6 Å². The molecule has 2 aliphatic rings. The van der Waals surface area contributed by atoms with Gasteiger partial charge in [0, 0.05) is 25.8 Å². The summed E-state index contributed by atoms with van der Waals surface area (Å²) >= 11 is 1.66. The number of likely N-dealkylation sites (tertiary alicyclic amines) is 2. The first-order valence-electron chi connectivity index (χ1n) is 8.55. The second-order valence-corrected chi connectivity index (χ2v) is 7.29. The van der Waals surface area contributed by atoms with E-state index in [9.17, 15) is 9.59 Å². The fourth-order valence-electron chi connectivity index (χ4n) is 3.72. The van der Waals surface area contributed by atoms with E-state index in [0.717, 1.165) is 45.3 Å². The van der Waals surface area contributed by atoms with E-state index in [0.29, 0.717) is 11.3 Å². The molecule has 2 fully saturated rings. The van der Waals surface area contributed by atoms with Crippen molar-refractivity contribution in [2.45, 2.75) is 31.7 Å². The zero-order valence-corrected chi connectivity index (χ0v) is 14.3. The van der Waals surface area contributed by atoms with Crippen LogP contribution in [0.5, 0.6) is 0 Å². The molecule has 5 nitrogen and oxygen atoms in total. The van der Waals surface area contributed by atoms with Crippen LogP contribution in [-0.2, 0) is 0 Å². The normalized spacial score (nSPS) is 20.8. The van der Waals surface area contributed by atoms with Crippen LogP contribution >= 0.6 is 11.3 Å². The molecule has 4 heterocycles. The third kappa shape index (κ3) is 2.75. The predicted octanol–water partition coefficient (Wildman–Crippen LogP) is 3.29. The van der Waals surface area contributed by atoms with Crippen LogP contribution in [0.1, 0.15) is 58.1 Å².